The number of carboxylic acids is 1. The molecule has 1 aromatic carbocycles. The average Bonchev–Trinajstić information content (AvgIpc) is 2.59. The van der Waals surface area contributed by atoms with E-state index in [0.717, 1.165) is 31.6 Å². The largest absolute Gasteiger partial charge is 0.478 e. The van der Waals surface area contributed by atoms with Gasteiger partial charge in [-0.15, -0.1) is 0 Å². The molecule has 1 heterocycles. The molecule has 2 rings (SSSR count). The van der Waals surface area contributed by atoms with Crippen LogP contribution in [0.25, 0.3) is 0 Å². The number of carboxylic acid groups (broad SMARTS) is 1. The zero-order valence-electron chi connectivity index (χ0n) is 15.0. The molecule has 1 aliphatic heterocycles. The Bertz CT molecular complexity index is 673. The van der Waals surface area contributed by atoms with Crippen LogP contribution in [0.4, 0.5) is 0 Å². The summed E-state index contributed by atoms with van der Waals surface area (Å²) in [6.45, 7) is 7.20. The van der Waals surface area contributed by atoms with Gasteiger partial charge in [-0.3, -0.25) is 9.69 Å². The van der Waals surface area contributed by atoms with Crippen molar-refractivity contribution in [1.82, 2.24) is 15.1 Å². The molecule has 0 aliphatic carbocycles. The fraction of sp³-hybridized carbons (Fsp3) is 0.474. The summed E-state index contributed by atoms with van der Waals surface area (Å²) in [6.07, 6.45) is 0.852. The van der Waals surface area contributed by atoms with Gasteiger partial charge in [0.25, 0.3) is 0 Å². The second-order valence-corrected chi connectivity index (χ2v) is 6.79. The van der Waals surface area contributed by atoms with Gasteiger partial charge in [-0.1, -0.05) is 11.8 Å². The summed E-state index contributed by atoms with van der Waals surface area (Å²) in [4.78, 5) is 26.5. The molecule has 0 aromatic heterocycles. The van der Waals surface area contributed by atoms with Crippen molar-refractivity contribution in [2.24, 2.45) is 0 Å². The number of nitrogens with one attached hydrogen (secondary N) is 1. The molecule has 0 bridgehead atoms. The van der Waals surface area contributed by atoms with Crippen molar-refractivity contribution in [3.05, 3.63) is 35.4 Å². The van der Waals surface area contributed by atoms with Gasteiger partial charge in [0.1, 0.15) is 0 Å². The molecule has 2 N–H and O–H groups in total. The molecule has 1 aromatic rings. The van der Waals surface area contributed by atoms with Crippen LogP contribution in [0.15, 0.2) is 24.3 Å². The highest BCUT2D eigenvalue weighted by Gasteiger charge is 2.28. The first kappa shape index (κ1) is 19.0. The molecule has 1 fully saturated rings. The van der Waals surface area contributed by atoms with E-state index in [0.29, 0.717) is 6.54 Å². The summed E-state index contributed by atoms with van der Waals surface area (Å²) in [5, 5.41) is 12.3. The highest BCUT2D eigenvalue weighted by Crippen LogP contribution is 2.14. The topological polar surface area (TPSA) is 72.9 Å². The van der Waals surface area contributed by atoms with Crippen molar-refractivity contribution >= 4 is 12.4 Å². The molecule has 1 aliphatic rings. The van der Waals surface area contributed by atoms with E-state index < -0.39 is 11.5 Å². The summed E-state index contributed by atoms with van der Waals surface area (Å²) in [5.41, 5.74) is 0.332. The van der Waals surface area contributed by atoms with Crippen LogP contribution in [0.3, 0.4) is 0 Å². The minimum Gasteiger partial charge on any atom is -0.478 e. The molecular formula is C19H25N3O3. The van der Waals surface area contributed by atoms with E-state index >= 15 is 0 Å². The van der Waals surface area contributed by atoms with Gasteiger partial charge in [-0.05, 0) is 45.2 Å². The quantitative estimate of drug-likeness (QED) is 0.613. The van der Waals surface area contributed by atoms with Crippen LogP contribution in [-0.4, -0.2) is 72.1 Å². The lowest BCUT2D eigenvalue weighted by Crippen LogP contribution is -2.56. The number of likely N-dealkylation sites (N-methyl/N-ethyl adjacent to an activating group) is 1. The smallest absolute Gasteiger partial charge is 0.335 e. The van der Waals surface area contributed by atoms with Crippen molar-refractivity contribution < 1.29 is 14.7 Å². The lowest BCUT2D eigenvalue weighted by molar-refractivity contribution is -0.122. The Morgan fingerprint density at radius 3 is 2.68 bits per heavy atom. The van der Waals surface area contributed by atoms with Gasteiger partial charge >= 0.3 is 5.97 Å². The van der Waals surface area contributed by atoms with E-state index in [4.69, 9.17) is 5.11 Å². The Morgan fingerprint density at radius 2 is 2.12 bits per heavy atom. The molecule has 1 amide bonds. The summed E-state index contributed by atoms with van der Waals surface area (Å²) < 4.78 is 0. The Labute approximate surface area is 148 Å². The van der Waals surface area contributed by atoms with Crippen molar-refractivity contribution in [3.8, 4) is 11.8 Å². The molecule has 1 saturated heterocycles. The number of carbonyl (C=O) groups is 2. The third-order valence-electron chi connectivity index (χ3n) is 4.54. The van der Waals surface area contributed by atoms with Gasteiger partial charge in [0.15, 0.2) is 0 Å². The lowest BCUT2D eigenvalue weighted by atomic mass is 10.0. The molecule has 0 radical (unpaired) electrons. The second kappa shape index (κ2) is 8.15. The van der Waals surface area contributed by atoms with Crippen LogP contribution >= 0.6 is 0 Å². The fourth-order valence-corrected chi connectivity index (χ4v) is 2.69. The minimum atomic E-state index is -0.961. The number of rotatable bonds is 5. The molecule has 1 unspecified atom stereocenters. The summed E-state index contributed by atoms with van der Waals surface area (Å²) >= 11 is 0. The maximum atomic E-state index is 11.6. The van der Waals surface area contributed by atoms with Gasteiger partial charge in [0.05, 0.1) is 11.1 Å². The standard InChI is InChI=1S/C19H25N3O3/c1-19(2,9-8-15-4-6-16(7-5-15)18(24)25)22(14-23)13-17-12-20-10-11-21(17)3/h4-7,14,17,20H,10-13H2,1-3H3,(H,24,25). The number of nitrogens with zero attached hydrogens (tertiary/aromatic N) is 2. The average molecular weight is 343 g/mol. The second-order valence-electron chi connectivity index (χ2n) is 6.79. The zero-order chi connectivity index (χ0) is 18.4. The van der Waals surface area contributed by atoms with Crippen LogP contribution in [-0.2, 0) is 4.79 Å². The van der Waals surface area contributed by atoms with E-state index in [2.05, 4.69) is 29.1 Å². The van der Waals surface area contributed by atoms with Gasteiger partial charge in [0.2, 0.25) is 6.41 Å². The molecule has 25 heavy (non-hydrogen) atoms. The van der Waals surface area contributed by atoms with Gasteiger partial charge in [0, 0.05) is 37.8 Å². The van der Waals surface area contributed by atoms with E-state index in [1.54, 1.807) is 17.0 Å². The summed E-state index contributed by atoms with van der Waals surface area (Å²) in [6, 6.07) is 6.67. The van der Waals surface area contributed by atoms with Crippen molar-refractivity contribution in [1.29, 1.82) is 0 Å². The van der Waals surface area contributed by atoms with E-state index in [9.17, 15) is 9.59 Å². The first-order valence-electron chi connectivity index (χ1n) is 8.33. The molecular weight excluding hydrogens is 318 g/mol. The van der Waals surface area contributed by atoms with E-state index in [-0.39, 0.29) is 11.6 Å². The van der Waals surface area contributed by atoms with E-state index in [1.165, 1.54) is 12.1 Å². The number of benzene rings is 1. The molecule has 0 spiro atoms. The third-order valence-corrected chi connectivity index (χ3v) is 4.54. The number of hydrogen-bond acceptors (Lipinski definition) is 4. The van der Waals surface area contributed by atoms with Crippen molar-refractivity contribution in [2.75, 3.05) is 33.2 Å². The van der Waals surface area contributed by atoms with Crippen LogP contribution in [0.2, 0.25) is 0 Å². The Hall–Kier alpha value is -2.36. The predicted molar refractivity (Wildman–Crippen MR) is 96.4 cm³/mol. The first-order valence-corrected chi connectivity index (χ1v) is 8.33. The maximum Gasteiger partial charge on any atom is 0.335 e. The highest BCUT2D eigenvalue weighted by molar-refractivity contribution is 5.87. The Kier molecular flexibility index (Phi) is 6.18. The van der Waals surface area contributed by atoms with Gasteiger partial charge < -0.3 is 15.3 Å². The molecule has 1 atom stereocenters. The van der Waals surface area contributed by atoms with Crippen molar-refractivity contribution in [2.45, 2.75) is 25.4 Å². The van der Waals surface area contributed by atoms with Gasteiger partial charge in [-0.2, -0.15) is 0 Å². The SMILES string of the molecule is CN1CCNCC1CN(C=O)C(C)(C)C#Cc1ccc(C(=O)O)cc1. The number of piperazine rings is 1. The first-order chi connectivity index (χ1) is 11.8. The van der Waals surface area contributed by atoms with Crippen LogP contribution < -0.4 is 5.32 Å². The normalized spacial score (nSPS) is 18.1. The summed E-state index contributed by atoms with van der Waals surface area (Å²) in [7, 11) is 2.07. The fourth-order valence-electron chi connectivity index (χ4n) is 2.69. The Morgan fingerprint density at radius 1 is 1.44 bits per heavy atom. The monoisotopic (exact) mass is 343 g/mol. The number of aromatic carboxylic acids is 1. The number of amides is 1. The van der Waals surface area contributed by atoms with E-state index in [1.807, 2.05) is 13.8 Å². The van der Waals surface area contributed by atoms with Crippen molar-refractivity contribution in [3.63, 3.8) is 0 Å². The predicted octanol–water partition coefficient (Wildman–Crippen LogP) is 0.877. The molecule has 134 valence electrons. The molecule has 6 nitrogen and oxygen atoms in total. The number of hydrogen-bond donors (Lipinski definition) is 2. The Balaban J connectivity index is 2.10. The maximum absolute atomic E-state index is 11.6. The van der Waals surface area contributed by atoms with Gasteiger partial charge in [-0.25, -0.2) is 4.79 Å². The van der Waals surface area contributed by atoms with Crippen LogP contribution in [0.5, 0.6) is 0 Å². The third kappa shape index (κ3) is 5.05. The van der Waals surface area contributed by atoms with Crippen LogP contribution in [0.1, 0.15) is 29.8 Å². The highest BCUT2D eigenvalue weighted by atomic mass is 16.4. The summed E-state index contributed by atoms with van der Waals surface area (Å²) in [5.74, 6) is 5.22. The lowest BCUT2D eigenvalue weighted by Gasteiger charge is -2.39. The van der Waals surface area contributed by atoms with Crippen LogP contribution in [0, 0.1) is 11.8 Å². The molecule has 0 saturated carbocycles. The number of carbonyl (C=O) groups excluding carboxylic acids is 1. The molecule has 6 heteroatoms. The minimum absolute atomic E-state index is 0.229. The zero-order valence-corrected chi connectivity index (χ0v) is 15.0.